The summed E-state index contributed by atoms with van der Waals surface area (Å²) in [6.45, 7) is 2.26. The second-order valence-corrected chi connectivity index (χ2v) is 1.27. The minimum Gasteiger partial charge on any atom is -0.329 e. The normalized spacial score (nSPS) is 11.0. The Labute approximate surface area is 49.7 Å². The highest BCUT2D eigenvalue weighted by Gasteiger charge is 1.88. The molecule has 0 aliphatic heterocycles. The molecule has 0 saturated heterocycles. The van der Waals surface area contributed by atoms with Gasteiger partial charge in [0.25, 0.3) is 0 Å². The summed E-state index contributed by atoms with van der Waals surface area (Å²) in [6.07, 6.45) is 0. The Bertz CT molecular complexity index is 66.6. The lowest BCUT2D eigenvalue weighted by molar-refractivity contribution is 0.755. The van der Waals surface area contributed by atoms with Crippen LogP contribution < -0.4 is 5.73 Å². The number of nitrogens with zero attached hydrogens (tertiary/aromatic N) is 1. The highest BCUT2D eigenvalue weighted by Crippen LogP contribution is 1.82. The van der Waals surface area contributed by atoms with E-state index in [1.165, 1.54) is 0 Å². The number of halogens is 1. The summed E-state index contributed by atoms with van der Waals surface area (Å²) in [6, 6.07) is 1.99. The molecule has 0 radical (unpaired) electrons. The maximum atomic E-state index is 8.00. The van der Waals surface area contributed by atoms with Crippen LogP contribution in [0.2, 0.25) is 0 Å². The first kappa shape index (κ1) is 9.88. The van der Waals surface area contributed by atoms with Crippen molar-refractivity contribution in [3.63, 3.8) is 0 Å². The van der Waals surface area contributed by atoms with Gasteiger partial charge in [0.15, 0.2) is 0 Å². The lowest BCUT2D eigenvalue weighted by Crippen LogP contribution is -2.07. The van der Waals surface area contributed by atoms with Crippen molar-refractivity contribution in [1.82, 2.24) is 0 Å². The standard InChI is InChI=1S/C4H8N2.ClH/c1-4(2-5)3-6;/h4H,2,5H2,1H3;1H/t4-;/m1./s1. The largest absolute Gasteiger partial charge is 0.329 e. The fourth-order valence-corrected chi connectivity index (χ4v) is 0.0527. The zero-order chi connectivity index (χ0) is 4.99. The molecule has 3 heteroatoms. The highest BCUT2D eigenvalue weighted by molar-refractivity contribution is 5.85. The third-order valence-electron chi connectivity index (χ3n) is 0.574. The van der Waals surface area contributed by atoms with Gasteiger partial charge in [0.1, 0.15) is 0 Å². The molecular weight excluding hydrogens is 112 g/mol. The van der Waals surface area contributed by atoms with E-state index in [0.717, 1.165) is 0 Å². The number of hydrogen-bond donors (Lipinski definition) is 1. The number of hydrogen-bond acceptors (Lipinski definition) is 2. The minimum atomic E-state index is 0. The average molecular weight is 121 g/mol. The molecule has 0 aliphatic carbocycles. The number of nitrogens with two attached hydrogens (primary N) is 1. The van der Waals surface area contributed by atoms with Crippen LogP contribution in [0.15, 0.2) is 0 Å². The van der Waals surface area contributed by atoms with Gasteiger partial charge in [-0.3, -0.25) is 0 Å². The summed E-state index contributed by atoms with van der Waals surface area (Å²) >= 11 is 0. The molecule has 0 aliphatic rings. The maximum Gasteiger partial charge on any atom is 0.0666 e. The molecule has 0 bridgehead atoms. The summed E-state index contributed by atoms with van der Waals surface area (Å²) in [5.74, 6) is 0.0185. The van der Waals surface area contributed by atoms with E-state index in [0.29, 0.717) is 6.54 Å². The van der Waals surface area contributed by atoms with Crippen molar-refractivity contribution in [3.8, 4) is 6.07 Å². The van der Waals surface area contributed by atoms with Gasteiger partial charge >= 0.3 is 0 Å². The Kier molecular flexibility index (Phi) is 8.10. The van der Waals surface area contributed by atoms with Crippen molar-refractivity contribution in [2.75, 3.05) is 6.54 Å². The third kappa shape index (κ3) is 5.74. The van der Waals surface area contributed by atoms with Crippen molar-refractivity contribution >= 4 is 12.4 Å². The highest BCUT2D eigenvalue weighted by atomic mass is 35.5. The molecule has 0 aromatic carbocycles. The van der Waals surface area contributed by atoms with E-state index in [9.17, 15) is 0 Å². The smallest absolute Gasteiger partial charge is 0.0666 e. The van der Waals surface area contributed by atoms with Crippen molar-refractivity contribution in [3.05, 3.63) is 0 Å². The summed E-state index contributed by atoms with van der Waals surface area (Å²) in [5, 5.41) is 8.00. The minimum absolute atomic E-state index is 0. The molecule has 0 heterocycles. The molecular formula is C4H9ClN2. The lowest BCUT2D eigenvalue weighted by Gasteiger charge is -1.87. The van der Waals surface area contributed by atoms with E-state index in [1.54, 1.807) is 6.92 Å². The van der Waals surface area contributed by atoms with E-state index >= 15 is 0 Å². The van der Waals surface area contributed by atoms with Crippen LogP contribution in [0, 0.1) is 17.2 Å². The topological polar surface area (TPSA) is 49.8 Å². The summed E-state index contributed by atoms with van der Waals surface area (Å²) in [5.41, 5.74) is 5.06. The van der Waals surface area contributed by atoms with Crippen molar-refractivity contribution < 1.29 is 0 Å². The van der Waals surface area contributed by atoms with E-state index in [4.69, 9.17) is 11.0 Å². The van der Waals surface area contributed by atoms with Crippen molar-refractivity contribution in [1.29, 1.82) is 5.26 Å². The molecule has 0 aromatic heterocycles. The Morgan fingerprint density at radius 2 is 2.29 bits per heavy atom. The predicted molar refractivity (Wildman–Crippen MR) is 31.1 cm³/mol. The fourth-order valence-electron chi connectivity index (χ4n) is 0.0527. The monoisotopic (exact) mass is 120 g/mol. The van der Waals surface area contributed by atoms with Gasteiger partial charge in [0, 0.05) is 6.54 Å². The molecule has 0 spiro atoms. The van der Waals surface area contributed by atoms with Gasteiger partial charge in [-0.25, -0.2) is 0 Å². The quantitative estimate of drug-likeness (QED) is 0.549. The van der Waals surface area contributed by atoms with Crippen LogP contribution in [0.4, 0.5) is 0 Å². The van der Waals surface area contributed by atoms with Crippen LogP contribution in [-0.4, -0.2) is 6.54 Å². The van der Waals surface area contributed by atoms with Gasteiger partial charge in [-0.05, 0) is 6.92 Å². The van der Waals surface area contributed by atoms with Gasteiger partial charge in [0.2, 0.25) is 0 Å². The molecule has 0 saturated carbocycles. The number of nitriles is 1. The van der Waals surface area contributed by atoms with Crippen LogP contribution in [-0.2, 0) is 0 Å². The third-order valence-corrected chi connectivity index (χ3v) is 0.574. The molecule has 7 heavy (non-hydrogen) atoms. The van der Waals surface area contributed by atoms with Crippen LogP contribution in [0.5, 0.6) is 0 Å². The molecule has 0 fully saturated rings. The van der Waals surface area contributed by atoms with Crippen LogP contribution >= 0.6 is 12.4 Å². The molecule has 0 unspecified atom stereocenters. The Morgan fingerprint density at radius 1 is 1.86 bits per heavy atom. The molecule has 0 aromatic rings. The van der Waals surface area contributed by atoms with Gasteiger partial charge < -0.3 is 5.73 Å². The zero-order valence-electron chi connectivity index (χ0n) is 4.22. The SMILES string of the molecule is C[C@@H](C#N)CN.Cl. The molecule has 2 N–H and O–H groups in total. The lowest BCUT2D eigenvalue weighted by atomic mass is 10.2. The summed E-state index contributed by atoms with van der Waals surface area (Å²) < 4.78 is 0. The van der Waals surface area contributed by atoms with E-state index < -0.39 is 0 Å². The van der Waals surface area contributed by atoms with Gasteiger partial charge in [-0.15, -0.1) is 12.4 Å². The van der Waals surface area contributed by atoms with Crippen LogP contribution in [0.3, 0.4) is 0 Å². The zero-order valence-corrected chi connectivity index (χ0v) is 5.03. The predicted octanol–water partition coefficient (Wildman–Crippen LogP) is 0.527. The second kappa shape index (κ2) is 5.74. The van der Waals surface area contributed by atoms with E-state index in [1.807, 2.05) is 6.07 Å². The molecule has 0 rings (SSSR count). The Hall–Kier alpha value is -0.260. The second-order valence-electron chi connectivity index (χ2n) is 1.27. The molecule has 1 atom stereocenters. The summed E-state index contributed by atoms with van der Waals surface area (Å²) in [4.78, 5) is 0. The first-order chi connectivity index (χ1) is 2.81. The maximum absolute atomic E-state index is 8.00. The first-order valence-electron chi connectivity index (χ1n) is 1.91. The van der Waals surface area contributed by atoms with E-state index in [-0.39, 0.29) is 18.3 Å². The van der Waals surface area contributed by atoms with E-state index in [2.05, 4.69) is 0 Å². The van der Waals surface area contributed by atoms with Gasteiger partial charge in [-0.1, -0.05) is 0 Å². The molecule has 2 nitrogen and oxygen atoms in total. The molecule has 42 valence electrons. The van der Waals surface area contributed by atoms with Crippen molar-refractivity contribution in [2.45, 2.75) is 6.92 Å². The van der Waals surface area contributed by atoms with Crippen molar-refractivity contribution in [2.24, 2.45) is 11.7 Å². The Balaban J connectivity index is 0. The fraction of sp³-hybridized carbons (Fsp3) is 0.750. The Morgan fingerprint density at radius 3 is 2.29 bits per heavy atom. The van der Waals surface area contributed by atoms with Crippen LogP contribution in [0.1, 0.15) is 6.92 Å². The first-order valence-corrected chi connectivity index (χ1v) is 1.91. The summed E-state index contributed by atoms with van der Waals surface area (Å²) in [7, 11) is 0. The van der Waals surface area contributed by atoms with Gasteiger partial charge in [-0.2, -0.15) is 5.26 Å². The van der Waals surface area contributed by atoms with Gasteiger partial charge in [0.05, 0.1) is 12.0 Å². The average Bonchev–Trinajstić information content (AvgIpc) is 1.65. The number of rotatable bonds is 1. The molecule has 0 amide bonds. The van der Waals surface area contributed by atoms with Crippen LogP contribution in [0.25, 0.3) is 0 Å².